The van der Waals surface area contributed by atoms with Gasteiger partial charge in [-0.15, -0.1) is 0 Å². The Balaban J connectivity index is 1.98. The Morgan fingerprint density at radius 2 is 2.29 bits per heavy atom. The first-order valence-corrected chi connectivity index (χ1v) is 6.58. The zero-order valence-electron chi connectivity index (χ0n) is 10.8. The fourth-order valence-corrected chi connectivity index (χ4v) is 2.14. The van der Waals surface area contributed by atoms with Crippen LogP contribution >= 0.6 is 0 Å². The van der Waals surface area contributed by atoms with E-state index in [-0.39, 0.29) is 6.61 Å². The summed E-state index contributed by atoms with van der Waals surface area (Å²) in [6.45, 7) is 6.56. The summed E-state index contributed by atoms with van der Waals surface area (Å²) in [5.74, 6) is 0. The van der Waals surface area contributed by atoms with Gasteiger partial charge in [0.25, 0.3) is 0 Å². The molecule has 0 radical (unpaired) electrons. The van der Waals surface area contributed by atoms with Crippen molar-refractivity contribution in [3.8, 4) is 0 Å². The lowest BCUT2D eigenvalue weighted by Crippen LogP contribution is -2.32. The molecule has 0 bridgehead atoms. The number of aliphatic hydroxyl groups excluding tert-OH is 1. The van der Waals surface area contributed by atoms with Crippen molar-refractivity contribution in [3.63, 3.8) is 0 Å². The second kappa shape index (κ2) is 5.65. The minimum Gasteiger partial charge on any atom is -0.396 e. The molecule has 1 aliphatic rings. The highest BCUT2D eigenvalue weighted by atomic mass is 16.3. The number of aromatic nitrogens is 2. The molecule has 96 valence electrons. The molecule has 1 fully saturated rings. The summed E-state index contributed by atoms with van der Waals surface area (Å²) in [6.07, 6.45) is 7.36. The molecular formula is C13H23N3O. The highest BCUT2D eigenvalue weighted by Gasteiger charge is 2.25. The van der Waals surface area contributed by atoms with Gasteiger partial charge >= 0.3 is 0 Å². The van der Waals surface area contributed by atoms with Crippen molar-refractivity contribution in [3.05, 3.63) is 18.2 Å². The van der Waals surface area contributed by atoms with E-state index in [0.717, 1.165) is 19.5 Å². The summed E-state index contributed by atoms with van der Waals surface area (Å²) in [4.78, 5) is 6.66. The molecule has 0 atom stereocenters. The van der Waals surface area contributed by atoms with Gasteiger partial charge < -0.3 is 9.67 Å². The first-order valence-electron chi connectivity index (χ1n) is 6.58. The Kier molecular flexibility index (Phi) is 4.18. The van der Waals surface area contributed by atoms with Crippen LogP contribution in [0.3, 0.4) is 0 Å². The van der Waals surface area contributed by atoms with E-state index in [1.54, 1.807) is 0 Å². The summed E-state index contributed by atoms with van der Waals surface area (Å²) in [5.41, 5.74) is 1.30. The third-order valence-corrected chi connectivity index (χ3v) is 3.39. The minimum absolute atomic E-state index is 0.269. The van der Waals surface area contributed by atoms with Crippen LogP contribution in [-0.4, -0.2) is 38.8 Å². The lowest BCUT2D eigenvalue weighted by molar-refractivity contribution is 0.181. The molecule has 0 spiro atoms. The van der Waals surface area contributed by atoms with Crippen LogP contribution in [0.4, 0.5) is 0 Å². The molecule has 0 saturated heterocycles. The van der Waals surface area contributed by atoms with E-state index in [0.29, 0.717) is 12.1 Å². The van der Waals surface area contributed by atoms with Gasteiger partial charge in [0.1, 0.15) is 0 Å². The van der Waals surface area contributed by atoms with E-state index >= 15 is 0 Å². The molecule has 0 aromatic carbocycles. The summed E-state index contributed by atoms with van der Waals surface area (Å²) in [6, 6.07) is 1.20. The number of hydrogen-bond acceptors (Lipinski definition) is 3. The predicted molar refractivity (Wildman–Crippen MR) is 67.7 cm³/mol. The SMILES string of the molecule is CC(C)N(CCCO)Cc1cncn1C1CC1. The zero-order valence-corrected chi connectivity index (χ0v) is 10.8. The molecule has 1 N–H and O–H groups in total. The minimum atomic E-state index is 0.269. The van der Waals surface area contributed by atoms with Gasteiger partial charge in [-0.3, -0.25) is 4.90 Å². The summed E-state index contributed by atoms with van der Waals surface area (Å²) in [5, 5.41) is 8.93. The van der Waals surface area contributed by atoms with Crippen LogP contribution in [0.15, 0.2) is 12.5 Å². The average Bonchev–Trinajstić information content (AvgIpc) is 3.04. The first-order chi connectivity index (χ1) is 8.22. The van der Waals surface area contributed by atoms with Crippen LogP contribution < -0.4 is 0 Å². The Labute approximate surface area is 103 Å². The standard InChI is InChI=1S/C13H23N3O/c1-11(2)15(6-3-7-17)9-13-8-14-10-16(13)12-4-5-12/h8,10-12,17H,3-7,9H2,1-2H3. The predicted octanol–water partition coefficient (Wildman–Crippen LogP) is 1.81. The molecule has 17 heavy (non-hydrogen) atoms. The maximum Gasteiger partial charge on any atom is 0.0951 e. The van der Waals surface area contributed by atoms with Gasteiger partial charge in [-0.25, -0.2) is 4.98 Å². The lowest BCUT2D eigenvalue weighted by atomic mass is 10.2. The number of hydrogen-bond donors (Lipinski definition) is 1. The number of imidazole rings is 1. The Morgan fingerprint density at radius 1 is 1.53 bits per heavy atom. The maximum absolute atomic E-state index is 8.93. The summed E-state index contributed by atoms with van der Waals surface area (Å²) in [7, 11) is 0. The van der Waals surface area contributed by atoms with Crippen LogP contribution in [0.2, 0.25) is 0 Å². The van der Waals surface area contributed by atoms with Gasteiger partial charge in [0.05, 0.1) is 12.0 Å². The van der Waals surface area contributed by atoms with Gasteiger partial charge in [-0.05, 0) is 33.1 Å². The molecule has 4 nitrogen and oxygen atoms in total. The lowest BCUT2D eigenvalue weighted by Gasteiger charge is -2.26. The van der Waals surface area contributed by atoms with Crippen molar-refractivity contribution in [2.75, 3.05) is 13.2 Å². The van der Waals surface area contributed by atoms with Crippen molar-refractivity contribution in [1.82, 2.24) is 14.5 Å². The third kappa shape index (κ3) is 3.30. The molecule has 1 aromatic heterocycles. The van der Waals surface area contributed by atoms with Crippen molar-refractivity contribution >= 4 is 0 Å². The molecule has 0 unspecified atom stereocenters. The molecule has 4 heteroatoms. The van der Waals surface area contributed by atoms with Gasteiger partial charge in [0.15, 0.2) is 0 Å². The second-order valence-corrected chi connectivity index (χ2v) is 5.16. The molecular weight excluding hydrogens is 214 g/mol. The van der Waals surface area contributed by atoms with E-state index in [1.807, 2.05) is 12.5 Å². The Hall–Kier alpha value is -0.870. The molecule has 0 aliphatic heterocycles. The van der Waals surface area contributed by atoms with E-state index < -0.39 is 0 Å². The van der Waals surface area contributed by atoms with Crippen molar-refractivity contribution in [2.45, 2.75) is 51.7 Å². The van der Waals surface area contributed by atoms with Gasteiger partial charge in [0, 0.05) is 38.0 Å². The van der Waals surface area contributed by atoms with Gasteiger partial charge in [0.2, 0.25) is 0 Å². The van der Waals surface area contributed by atoms with Crippen LogP contribution in [0.1, 0.15) is 44.8 Å². The molecule has 2 rings (SSSR count). The normalized spacial score (nSPS) is 16.1. The highest BCUT2D eigenvalue weighted by Crippen LogP contribution is 2.35. The molecule has 0 amide bonds. The largest absolute Gasteiger partial charge is 0.396 e. The van der Waals surface area contributed by atoms with Crippen LogP contribution in [-0.2, 0) is 6.54 Å². The summed E-state index contributed by atoms with van der Waals surface area (Å²) < 4.78 is 2.31. The van der Waals surface area contributed by atoms with E-state index in [1.165, 1.54) is 18.5 Å². The molecule has 1 aliphatic carbocycles. The van der Waals surface area contributed by atoms with Crippen molar-refractivity contribution in [1.29, 1.82) is 0 Å². The highest BCUT2D eigenvalue weighted by molar-refractivity contribution is 5.03. The Bertz CT molecular complexity index is 344. The topological polar surface area (TPSA) is 41.3 Å². The van der Waals surface area contributed by atoms with E-state index in [2.05, 4.69) is 28.3 Å². The van der Waals surface area contributed by atoms with Gasteiger partial charge in [-0.2, -0.15) is 0 Å². The van der Waals surface area contributed by atoms with Crippen LogP contribution in [0, 0.1) is 0 Å². The second-order valence-electron chi connectivity index (χ2n) is 5.16. The monoisotopic (exact) mass is 237 g/mol. The number of aliphatic hydroxyl groups is 1. The zero-order chi connectivity index (χ0) is 12.3. The van der Waals surface area contributed by atoms with E-state index in [9.17, 15) is 0 Å². The Morgan fingerprint density at radius 3 is 2.88 bits per heavy atom. The molecule has 1 heterocycles. The fourth-order valence-electron chi connectivity index (χ4n) is 2.14. The number of nitrogens with zero attached hydrogens (tertiary/aromatic N) is 3. The maximum atomic E-state index is 8.93. The smallest absolute Gasteiger partial charge is 0.0951 e. The third-order valence-electron chi connectivity index (χ3n) is 3.39. The number of rotatable bonds is 7. The van der Waals surface area contributed by atoms with Crippen molar-refractivity contribution in [2.24, 2.45) is 0 Å². The first kappa shape index (κ1) is 12.6. The molecule has 1 saturated carbocycles. The quantitative estimate of drug-likeness (QED) is 0.786. The summed E-state index contributed by atoms with van der Waals surface area (Å²) >= 11 is 0. The van der Waals surface area contributed by atoms with Crippen LogP contribution in [0.25, 0.3) is 0 Å². The average molecular weight is 237 g/mol. The fraction of sp³-hybridized carbons (Fsp3) is 0.769. The van der Waals surface area contributed by atoms with Gasteiger partial charge in [-0.1, -0.05) is 0 Å². The molecule has 1 aromatic rings. The van der Waals surface area contributed by atoms with E-state index in [4.69, 9.17) is 5.11 Å². The van der Waals surface area contributed by atoms with Crippen LogP contribution in [0.5, 0.6) is 0 Å². The van der Waals surface area contributed by atoms with Crippen molar-refractivity contribution < 1.29 is 5.11 Å².